The Hall–Kier alpha value is -2.50. The number of ether oxygens (including phenoxy) is 3. The second kappa shape index (κ2) is 10.3. The van der Waals surface area contributed by atoms with Crippen molar-refractivity contribution in [3.05, 3.63) is 23.8 Å². The molecule has 10 nitrogen and oxygen atoms in total. The molecule has 0 aromatic heterocycles. The molecule has 1 aliphatic heterocycles. The smallest absolute Gasteiger partial charge is 0.318 e. The average Bonchev–Trinajstić information content (AvgIpc) is 2.73. The third kappa shape index (κ3) is 5.52. The molecule has 0 bridgehead atoms. The van der Waals surface area contributed by atoms with Crippen molar-refractivity contribution in [1.29, 1.82) is 0 Å². The van der Waals surface area contributed by atoms with Gasteiger partial charge in [-0.1, -0.05) is 6.92 Å². The van der Waals surface area contributed by atoms with Crippen molar-refractivity contribution in [2.75, 3.05) is 21.3 Å². The largest absolute Gasteiger partial charge is 0.493 e. The van der Waals surface area contributed by atoms with Crippen LogP contribution < -0.4 is 31.2 Å². The van der Waals surface area contributed by atoms with Crippen molar-refractivity contribution in [3.63, 3.8) is 0 Å². The van der Waals surface area contributed by atoms with E-state index in [4.69, 9.17) is 19.9 Å². The van der Waals surface area contributed by atoms with Crippen LogP contribution in [0.25, 0.3) is 0 Å². The van der Waals surface area contributed by atoms with E-state index >= 15 is 0 Å². The van der Waals surface area contributed by atoms with E-state index in [1.807, 2.05) is 6.92 Å². The Bertz CT molecular complexity index is 762. The van der Waals surface area contributed by atoms with Gasteiger partial charge in [0.2, 0.25) is 5.91 Å². The van der Waals surface area contributed by atoms with Gasteiger partial charge in [-0.05, 0) is 24.6 Å². The van der Waals surface area contributed by atoms with Crippen LogP contribution in [0.4, 0.5) is 0 Å². The quantitative estimate of drug-likeness (QED) is 0.415. The Balaban J connectivity index is 2.03. The molecule has 1 aromatic rings. The number of thioether (sulfide) groups is 1. The first kappa shape index (κ1) is 22.8. The highest BCUT2D eigenvalue weighted by Gasteiger charge is 2.37. The number of nitrogens with two attached hydrogens (primary N) is 1. The number of carbonyl (C=O) groups is 3. The molecule has 1 aromatic carbocycles. The monoisotopic (exact) mass is 426 g/mol. The lowest BCUT2D eigenvalue weighted by molar-refractivity contribution is -0.140. The third-order valence-corrected chi connectivity index (χ3v) is 5.71. The maximum Gasteiger partial charge on any atom is 0.318 e. The number of hydrogen-bond donors (Lipinski definition) is 4. The molecule has 4 atom stereocenters. The van der Waals surface area contributed by atoms with Crippen LogP contribution in [0.3, 0.4) is 0 Å². The first-order valence-electron chi connectivity index (χ1n) is 8.92. The third-order valence-electron chi connectivity index (χ3n) is 4.33. The normalized spacial score (nSPS) is 22.2. The number of benzene rings is 1. The fourth-order valence-corrected chi connectivity index (χ4v) is 3.89. The van der Waals surface area contributed by atoms with E-state index in [-0.39, 0.29) is 11.5 Å². The highest BCUT2D eigenvalue weighted by Crippen LogP contribution is 2.27. The zero-order valence-electron chi connectivity index (χ0n) is 16.7. The van der Waals surface area contributed by atoms with Gasteiger partial charge in [0.1, 0.15) is 16.8 Å². The van der Waals surface area contributed by atoms with Crippen LogP contribution in [-0.4, -0.2) is 62.1 Å². The standard InChI is InChI=1S/C18H26N4O6S/c1-5-12(17(25)28-4)29-18-21-14(19)13(16(24)22-18)20-15(23)9-6-7-10(26-2)11(8-9)27-3/h6-8,12-14,18,21H,5,19H2,1-4H3,(H,20,23)(H,22,24). The van der Waals surface area contributed by atoms with Crippen LogP contribution in [0.1, 0.15) is 23.7 Å². The van der Waals surface area contributed by atoms with Gasteiger partial charge in [0, 0.05) is 5.56 Å². The second-order valence-electron chi connectivity index (χ2n) is 6.16. The summed E-state index contributed by atoms with van der Waals surface area (Å²) in [5, 5.41) is 7.84. The number of amides is 2. The first-order chi connectivity index (χ1) is 13.8. The maximum atomic E-state index is 12.6. The fraction of sp³-hybridized carbons (Fsp3) is 0.500. The summed E-state index contributed by atoms with van der Waals surface area (Å²) < 4.78 is 15.1. The summed E-state index contributed by atoms with van der Waals surface area (Å²) in [4.78, 5) is 36.8. The van der Waals surface area contributed by atoms with Crippen LogP contribution in [0.15, 0.2) is 18.2 Å². The summed E-state index contributed by atoms with van der Waals surface area (Å²) in [5.74, 6) is -0.460. The van der Waals surface area contributed by atoms with Crippen molar-refractivity contribution in [2.24, 2.45) is 5.73 Å². The van der Waals surface area contributed by atoms with E-state index in [2.05, 4.69) is 16.0 Å². The molecular weight excluding hydrogens is 400 g/mol. The fourth-order valence-electron chi connectivity index (χ4n) is 2.74. The molecule has 2 rings (SSSR count). The van der Waals surface area contributed by atoms with E-state index in [0.717, 1.165) is 0 Å². The number of esters is 1. The van der Waals surface area contributed by atoms with Gasteiger partial charge in [-0.2, -0.15) is 0 Å². The Morgan fingerprint density at radius 3 is 2.48 bits per heavy atom. The molecule has 1 aliphatic rings. The lowest BCUT2D eigenvalue weighted by Crippen LogP contribution is -2.70. The van der Waals surface area contributed by atoms with Gasteiger partial charge in [0.05, 0.1) is 27.5 Å². The van der Waals surface area contributed by atoms with Crippen LogP contribution in [0.5, 0.6) is 11.5 Å². The Morgan fingerprint density at radius 2 is 1.93 bits per heavy atom. The SMILES string of the molecule is CCC(SC1NC(=O)C(NC(=O)c2ccc(OC)c(OC)c2)C(N)N1)C(=O)OC. The van der Waals surface area contributed by atoms with Gasteiger partial charge in [0.15, 0.2) is 11.5 Å². The van der Waals surface area contributed by atoms with Crippen LogP contribution >= 0.6 is 11.8 Å². The number of hydrogen-bond acceptors (Lipinski definition) is 9. The lowest BCUT2D eigenvalue weighted by Gasteiger charge is -2.36. The summed E-state index contributed by atoms with van der Waals surface area (Å²) >= 11 is 1.19. The molecule has 1 fully saturated rings. The minimum atomic E-state index is -0.995. The zero-order chi connectivity index (χ0) is 21.6. The van der Waals surface area contributed by atoms with Gasteiger partial charge >= 0.3 is 5.97 Å². The van der Waals surface area contributed by atoms with E-state index < -0.39 is 34.8 Å². The molecule has 1 saturated heterocycles. The molecule has 160 valence electrons. The number of rotatable bonds is 8. The molecular formula is C18H26N4O6S. The van der Waals surface area contributed by atoms with Crippen molar-refractivity contribution in [1.82, 2.24) is 16.0 Å². The van der Waals surface area contributed by atoms with Crippen molar-refractivity contribution < 1.29 is 28.6 Å². The molecule has 11 heteroatoms. The van der Waals surface area contributed by atoms with E-state index in [1.165, 1.54) is 39.2 Å². The summed E-state index contributed by atoms with van der Waals surface area (Å²) in [5.41, 5.74) is 5.75. The summed E-state index contributed by atoms with van der Waals surface area (Å²) in [7, 11) is 4.26. The van der Waals surface area contributed by atoms with Crippen LogP contribution in [-0.2, 0) is 14.3 Å². The minimum absolute atomic E-state index is 0.288. The van der Waals surface area contributed by atoms with Crippen molar-refractivity contribution in [2.45, 2.75) is 36.3 Å². The molecule has 0 saturated carbocycles. The van der Waals surface area contributed by atoms with E-state index in [1.54, 1.807) is 12.1 Å². The number of nitrogens with one attached hydrogen (secondary N) is 3. The van der Waals surface area contributed by atoms with Crippen molar-refractivity contribution in [3.8, 4) is 11.5 Å². The predicted molar refractivity (Wildman–Crippen MR) is 108 cm³/mol. The van der Waals surface area contributed by atoms with Crippen molar-refractivity contribution >= 4 is 29.5 Å². The molecule has 2 amide bonds. The lowest BCUT2D eigenvalue weighted by atomic mass is 10.1. The average molecular weight is 426 g/mol. The predicted octanol–water partition coefficient (Wildman–Crippen LogP) is -0.225. The summed E-state index contributed by atoms with van der Waals surface area (Å²) in [6.07, 6.45) is -0.319. The second-order valence-corrected chi connectivity index (χ2v) is 7.47. The van der Waals surface area contributed by atoms with Gasteiger partial charge < -0.3 is 30.6 Å². The zero-order valence-corrected chi connectivity index (χ0v) is 17.5. The topological polar surface area (TPSA) is 141 Å². The molecule has 1 heterocycles. The molecule has 5 N–H and O–H groups in total. The molecule has 0 radical (unpaired) electrons. The molecule has 0 aliphatic carbocycles. The Kier molecular flexibility index (Phi) is 8.11. The number of methoxy groups -OCH3 is 3. The number of carbonyl (C=O) groups excluding carboxylic acids is 3. The van der Waals surface area contributed by atoms with E-state index in [0.29, 0.717) is 17.9 Å². The van der Waals surface area contributed by atoms with Gasteiger partial charge in [-0.25, -0.2) is 0 Å². The van der Waals surface area contributed by atoms with Gasteiger partial charge in [-0.15, -0.1) is 11.8 Å². The Morgan fingerprint density at radius 1 is 1.24 bits per heavy atom. The van der Waals surface area contributed by atoms with Crippen LogP contribution in [0.2, 0.25) is 0 Å². The first-order valence-corrected chi connectivity index (χ1v) is 9.87. The highest BCUT2D eigenvalue weighted by molar-refractivity contribution is 8.01. The van der Waals surface area contributed by atoms with Crippen LogP contribution in [0, 0.1) is 0 Å². The Labute approximate surface area is 173 Å². The minimum Gasteiger partial charge on any atom is -0.493 e. The van der Waals surface area contributed by atoms with Gasteiger partial charge in [-0.3, -0.25) is 19.7 Å². The highest BCUT2D eigenvalue weighted by atomic mass is 32.2. The maximum absolute atomic E-state index is 12.6. The molecule has 29 heavy (non-hydrogen) atoms. The van der Waals surface area contributed by atoms with Gasteiger partial charge in [0.25, 0.3) is 5.91 Å². The molecule has 0 spiro atoms. The molecule has 4 unspecified atom stereocenters. The summed E-state index contributed by atoms with van der Waals surface area (Å²) in [6.45, 7) is 1.84. The summed E-state index contributed by atoms with van der Waals surface area (Å²) in [6, 6.07) is 3.66. The van der Waals surface area contributed by atoms with E-state index in [9.17, 15) is 14.4 Å².